The van der Waals surface area contributed by atoms with Gasteiger partial charge in [-0.25, -0.2) is 0 Å². The summed E-state index contributed by atoms with van der Waals surface area (Å²) in [4.78, 5) is 36.5. The smallest absolute Gasteiger partial charge is 0.321 e. The second-order valence-electron chi connectivity index (χ2n) is 2.13. The van der Waals surface area contributed by atoms with Crippen molar-refractivity contribution in [3.05, 3.63) is 0 Å². The van der Waals surface area contributed by atoms with Gasteiger partial charge in [0.15, 0.2) is 0 Å². The van der Waals surface area contributed by atoms with Crippen LogP contribution in [0.3, 0.4) is 0 Å². The van der Waals surface area contributed by atoms with Crippen LogP contribution < -0.4 is 0 Å². The van der Waals surface area contributed by atoms with Crippen LogP contribution in [0.25, 0.3) is 0 Å². The molecule has 0 aromatic heterocycles. The minimum Gasteiger partial charge on any atom is -0.481 e. The molecule has 0 rings (SSSR count). The molecule has 0 amide bonds. The van der Waals surface area contributed by atoms with Crippen molar-refractivity contribution in [2.45, 2.75) is 27.7 Å². The largest absolute Gasteiger partial charge is 0.481 e. The van der Waals surface area contributed by atoms with Gasteiger partial charge in [0.25, 0.3) is 17.9 Å². The van der Waals surface area contributed by atoms with E-state index in [-0.39, 0.29) is 20.1 Å². The molecule has 3 N–H and O–H groups in total. The predicted octanol–water partition coefficient (Wildman–Crippen LogP) is 0.973. The van der Waals surface area contributed by atoms with E-state index in [2.05, 4.69) is 16.2 Å². The molecule has 8 nitrogen and oxygen atoms in total. The third kappa shape index (κ3) is 4220. The third-order valence-corrected chi connectivity index (χ3v) is 0.326. The van der Waals surface area contributed by atoms with Gasteiger partial charge in [0.2, 0.25) is 0 Å². The Hall–Kier alpha value is -1.18. The summed E-state index contributed by atoms with van der Waals surface area (Å²) in [5, 5.41) is 22.2. The van der Waals surface area contributed by atoms with E-state index in [1.165, 1.54) is 6.92 Å². The number of rotatable bonds is 0. The fourth-order valence-corrected chi connectivity index (χ4v) is 0. The number of carbonyl (C=O) groups excluding carboxylic acids is 1. The Kier molecular flexibility index (Phi) is 41.6. The van der Waals surface area contributed by atoms with E-state index in [0.717, 1.165) is 20.8 Å². The van der Waals surface area contributed by atoms with Crippen molar-refractivity contribution in [1.29, 1.82) is 0 Å². The molecule has 0 spiro atoms. The summed E-state index contributed by atoms with van der Waals surface area (Å²) in [5.41, 5.74) is 0. The van der Waals surface area contributed by atoms with Gasteiger partial charge in [-0.2, -0.15) is 0 Å². The van der Waals surface area contributed by atoms with Crippen LogP contribution >= 0.6 is 11.9 Å². The van der Waals surface area contributed by atoms with Crippen molar-refractivity contribution in [1.82, 2.24) is 0 Å². The van der Waals surface area contributed by atoms with Gasteiger partial charge in [-0.15, -0.1) is 0 Å². The van der Waals surface area contributed by atoms with Crippen molar-refractivity contribution >= 4 is 35.7 Å². The Bertz CT molecular complexity index is 203. The molecule has 10 heteroatoms. The Morgan fingerprint density at radius 2 is 0.833 bits per heavy atom. The van der Waals surface area contributed by atoms with E-state index in [1.54, 1.807) is 0 Å². The summed E-state index contributed by atoms with van der Waals surface area (Å²) in [7, 11) is 0. The van der Waals surface area contributed by atoms with Crippen LogP contribution in [0, 0.1) is 0 Å². The molecule has 0 aromatic carbocycles. The summed E-state index contributed by atoms with van der Waals surface area (Å²) < 4.78 is 3.58. The molecule has 0 aliphatic carbocycles. The monoisotopic (exact) mass is 467 g/mol. The van der Waals surface area contributed by atoms with Gasteiger partial charge in [0, 0.05) is 47.8 Å². The number of aliphatic carboxylic acids is 3. The van der Waals surface area contributed by atoms with Crippen LogP contribution in [0.15, 0.2) is 0 Å². The number of hydrogen-bond donors (Lipinski definition) is 3. The molecule has 0 aliphatic rings. The Balaban J connectivity index is -0.0000000412. The molecule has 0 bridgehead atoms. The van der Waals surface area contributed by atoms with Gasteiger partial charge >= 0.3 is 5.97 Å². The Morgan fingerprint density at radius 1 is 0.778 bits per heavy atom. The number of carbonyl (C=O) groups is 4. The maximum Gasteiger partial charge on any atom is 0.321 e. The maximum absolute atomic E-state index is 9.46. The van der Waals surface area contributed by atoms with Gasteiger partial charge in [0.1, 0.15) is 11.9 Å². The van der Waals surface area contributed by atoms with Crippen molar-refractivity contribution in [2.75, 3.05) is 0 Å². The first-order chi connectivity index (χ1) is 7.47. The van der Waals surface area contributed by atoms with Crippen molar-refractivity contribution in [3.8, 4) is 0 Å². The molecule has 1 radical (unpaired) electrons. The molecule has 0 saturated carbocycles. The fraction of sp³-hybridized carbons (Fsp3) is 0.500. The van der Waals surface area contributed by atoms with E-state index in [1.807, 2.05) is 0 Å². The molecule has 0 unspecified atom stereocenters. The van der Waals surface area contributed by atoms with Crippen LogP contribution in [0.2, 0.25) is 0 Å². The predicted molar refractivity (Wildman–Crippen MR) is 57.5 cm³/mol. The number of carboxylic acid groups (broad SMARTS) is 3. The molecule has 111 valence electrons. The van der Waals surface area contributed by atoms with Crippen LogP contribution in [0.4, 0.5) is 0 Å². The number of halogens is 1. The quantitative estimate of drug-likeness (QED) is 0.480. The average molecular weight is 467 g/mol. The zero-order valence-electron chi connectivity index (χ0n) is 10.1. The summed E-state index contributed by atoms with van der Waals surface area (Å²) in [6, 6.07) is 0. The first-order valence-electron chi connectivity index (χ1n) is 3.85. The number of carboxylic acids is 3. The minimum atomic E-state index is -0.833. The van der Waals surface area contributed by atoms with Crippen LogP contribution in [0.1, 0.15) is 27.7 Å². The van der Waals surface area contributed by atoms with Crippen molar-refractivity contribution in [2.24, 2.45) is 0 Å². The zero-order chi connectivity index (χ0) is 15.0. The standard InChI is InChI=1S/C2H3ClO2.3C2H4O2.Ir/c1-2(4)5-3;3*1-2(3)4;/h1H3;3*1H3,(H,3,4);. The molecular formula is C8H15ClIrO8. The topological polar surface area (TPSA) is 138 Å². The van der Waals surface area contributed by atoms with E-state index in [9.17, 15) is 4.79 Å². The van der Waals surface area contributed by atoms with Crippen LogP contribution in [0.5, 0.6) is 0 Å². The van der Waals surface area contributed by atoms with Gasteiger partial charge in [-0.3, -0.25) is 19.2 Å². The SMILES string of the molecule is CC(=O)O.CC(=O)O.CC(=O)O.CC(=O)OCl.[Ir]. The van der Waals surface area contributed by atoms with Gasteiger partial charge < -0.3 is 19.6 Å². The molecule has 0 heterocycles. The molecule has 0 atom stereocenters. The second kappa shape index (κ2) is 24.9. The minimum absolute atomic E-state index is 0. The first-order valence-corrected chi connectivity index (χ1v) is 4.15. The Morgan fingerprint density at radius 3 is 0.833 bits per heavy atom. The number of hydrogen-bond acceptors (Lipinski definition) is 5. The zero-order valence-corrected chi connectivity index (χ0v) is 13.2. The normalized spacial score (nSPS) is 6.06. The molecular weight excluding hydrogens is 452 g/mol. The van der Waals surface area contributed by atoms with E-state index < -0.39 is 23.9 Å². The average Bonchev–Trinajstić information content (AvgIpc) is 2.00. The molecule has 18 heavy (non-hydrogen) atoms. The van der Waals surface area contributed by atoms with Crippen molar-refractivity contribution in [3.63, 3.8) is 0 Å². The van der Waals surface area contributed by atoms with E-state index in [4.69, 9.17) is 29.7 Å². The molecule has 0 aromatic rings. The molecule has 0 fully saturated rings. The third-order valence-electron chi connectivity index (χ3n) is 0.109. The van der Waals surface area contributed by atoms with E-state index >= 15 is 0 Å². The van der Waals surface area contributed by atoms with Crippen molar-refractivity contribution < 1.29 is 58.9 Å². The van der Waals surface area contributed by atoms with Crippen LogP contribution in [-0.2, 0) is 43.6 Å². The van der Waals surface area contributed by atoms with E-state index in [0.29, 0.717) is 0 Å². The maximum atomic E-state index is 9.46. The van der Waals surface area contributed by atoms with Gasteiger partial charge in [-0.1, -0.05) is 0 Å². The van der Waals surface area contributed by atoms with Gasteiger partial charge in [0.05, 0.1) is 0 Å². The first kappa shape index (κ1) is 30.1. The molecule has 0 saturated heterocycles. The van der Waals surface area contributed by atoms with Gasteiger partial charge in [-0.05, 0) is 0 Å². The second-order valence-corrected chi connectivity index (χ2v) is 2.28. The summed E-state index contributed by atoms with van der Waals surface area (Å²) in [6.45, 7) is 4.48. The fourth-order valence-electron chi connectivity index (χ4n) is 0. The summed E-state index contributed by atoms with van der Waals surface area (Å²) >= 11 is 4.49. The Labute approximate surface area is 122 Å². The van der Waals surface area contributed by atoms with Crippen LogP contribution in [-0.4, -0.2) is 39.2 Å². The summed E-state index contributed by atoms with van der Waals surface area (Å²) in [5.74, 6) is -2.98. The summed E-state index contributed by atoms with van der Waals surface area (Å²) in [6.07, 6.45) is 0. The molecule has 0 aliphatic heterocycles.